The lowest BCUT2D eigenvalue weighted by Gasteiger charge is -2.50. The number of nitriles is 1. The van der Waals surface area contributed by atoms with Crippen LogP contribution >= 0.6 is 0 Å². The zero-order chi connectivity index (χ0) is 19.2. The Hall–Kier alpha value is -1.18. The summed E-state index contributed by atoms with van der Waals surface area (Å²) in [6.45, 7) is 13.2. The van der Waals surface area contributed by atoms with Crippen molar-refractivity contribution < 1.29 is 14.3 Å². The maximum Gasteiger partial charge on any atom is 0.146 e. The van der Waals surface area contributed by atoms with Crippen molar-refractivity contribution >= 4 is 5.78 Å². The number of carbonyl (C=O) groups is 1. The molecule has 0 heterocycles. The Morgan fingerprint density at radius 1 is 1.35 bits per heavy atom. The van der Waals surface area contributed by atoms with Crippen molar-refractivity contribution in [1.82, 2.24) is 0 Å². The molecule has 0 bridgehead atoms. The molecule has 0 aliphatic heterocycles. The first-order valence-corrected chi connectivity index (χ1v) is 9.98. The first-order valence-electron chi connectivity index (χ1n) is 9.98. The first kappa shape index (κ1) is 19.6. The number of hydrogen-bond donors (Lipinski definition) is 0. The van der Waals surface area contributed by atoms with Crippen LogP contribution in [0.3, 0.4) is 0 Å². The average Bonchev–Trinajstić information content (AvgIpc) is 2.84. The van der Waals surface area contributed by atoms with Crippen molar-refractivity contribution in [2.45, 2.75) is 46.6 Å². The molecule has 0 unspecified atom stereocenters. The number of hydrogen-bond acceptors (Lipinski definition) is 4. The van der Waals surface area contributed by atoms with E-state index < -0.39 is 0 Å². The fraction of sp³-hybridized carbons (Fsp3) is 0.818. The van der Waals surface area contributed by atoms with E-state index in [4.69, 9.17) is 9.47 Å². The predicted octanol–water partition coefficient (Wildman–Crippen LogP) is 4.07. The van der Waals surface area contributed by atoms with Crippen molar-refractivity contribution in [1.29, 1.82) is 5.26 Å². The highest BCUT2D eigenvalue weighted by Gasteiger charge is 2.67. The lowest BCUT2D eigenvalue weighted by Crippen LogP contribution is -2.49. The van der Waals surface area contributed by atoms with Gasteiger partial charge in [-0.15, -0.1) is 6.58 Å². The van der Waals surface area contributed by atoms with Crippen molar-refractivity contribution in [3.8, 4) is 6.07 Å². The number of ether oxygens (including phenoxy) is 2. The van der Waals surface area contributed by atoms with Crippen LogP contribution in [-0.4, -0.2) is 25.8 Å². The second-order valence-corrected chi connectivity index (χ2v) is 9.30. The van der Waals surface area contributed by atoms with Crippen LogP contribution in [-0.2, 0) is 14.3 Å². The molecule has 0 aromatic rings. The highest BCUT2D eigenvalue weighted by molar-refractivity contribution is 5.87. The van der Waals surface area contributed by atoms with Gasteiger partial charge in [0.15, 0.2) is 0 Å². The van der Waals surface area contributed by atoms with Gasteiger partial charge in [-0.2, -0.15) is 5.26 Å². The largest absolute Gasteiger partial charge is 0.359 e. The molecular formula is C22H33NO3. The third-order valence-electron chi connectivity index (χ3n) is 7.75. The van der Waals surface area contributed by atoms with Crippen molar-refractivity contribution in [2.24, 2.45) is 52.8 Å². The van der Waals surface area contributed by atoms with E-state index in [2.05, 4.69) is 40.3 Å². The first-order chi connectivity index (χ1) is 12.3. The molecule has 4 heteroatoms. The monoisotopic (exact) mass is 359 g/mol. The van der Waals surface area contributed by atoms with Crippen LogP contribution < -0.4 is 0 Å². The predicted molar refractivity (Wildman–Crippen MR) is 99.8 cm³/mol. The smallest absolute Gasteiger partial charge is 0.146 e. The van der Waals surface area contributed by atoms with E-state index in [1.165, 1.54) is 6.42 Å². The Morgan fingerprint density at radius 3 is 2.62 bits per heavy atom. The molecule has 3 aliphatic carbocycles. The zero-order valence-electron chi connectivity index (χ0n) is 16.8. The molecule has 3 aliphatic rings. The molecule has 0 amide bonds. The third kappa shape index (κ3) is 2.67. The molecule has 0 spiro atoms. The van der Waals surface area contributed by atoms with Gasteiger partial charge in [-0.1, -0.05) is 33.8 Å². The summed E-state index contributed by atoms with van der Waals surface area (Å²) >= 11 is 0. The second kappa shape index (κ2) is 7.09. The van der Waals surface area contributed by atoms with Crippen LogP contribution in [0.15, 0.2) is 12.7 Å². The normalized spacial score (nSPS) is 50.6. The molecule has 0 aromatic carbocycles. The number of rotatable bonds is 4. The number of ketones is 1. The molecule has 0 N–H and O–H groups in total. The van der Waals surface area contributed by atoms with Crippen LogP contribution in [0.2, 0.25) is 0 Å². The van der Waals surface area contributed by atoms with Gasteiger partial charge in [-0.3, -0.25) is 4.79 Å². The molecule has 26 heavy (non-hydrogen) atoms. The minimum atomic E-state index is -0.388. The van der Waals surface area contributed by atoms with Crippen LogP contribution in [0.1, 0.15) is 40.5 Å². The molecule has 3 saturated carbocycles. The SMILES string of the molecule is C=C[C@@H]1C(=O)[C@@H](C)[C@H]2[C@@H]([C@H]1C#N)[C@@H](OCOC)[C@@H]1[C@@H](C)C[C@@H](C)C[C@@]21C. The highest BCUT2D eigenvalue weighted by Crippen LogP contribution is 2.67. The highest BCUT2D eigenvalue weighted by atomic mass is 16.7. The summed E-state index contributed by atoms with van der Waals surface area (Å²) in [5, 5.41) is 9.99. The number of methoxy groups -OCH3 is 1. The Morgan fingerprint density at radius 2 is 2.04 bits per heavy atom. The van der Waals surface area contributed by atoms with E-state index >= 15 is 0 Å². The average molecular weight is 360 g/mol. The van der Waals surface area contributed by atoms with Crippen LogP contribution in [0.25, 0.3) is 0 Å². The van der Waals surface area contributed by atoms with Gasteiger partial charge in [0.25, 0.3) is 0 Å². The summed E-state index contributed by atoms with van der Waals surface area (Å²) in [6, 6.07) is 2.47. The molecule has 0 aromatic heterocycles. The molecule has 10 atom stereocenters. The summed E-state index contributed by atoms with van der Waals surface area (Å²) in [6.07, 6.45) is 3.93. The molecule has 0 radical (unpaired) electrons. The zero-order valence-corrected chi connectivity index (χ0v) is 16.8. The van der Waals surface area contributed by atoms with Crippen LogP contribution in [0.4, 0.5) is 0 Å². The van der Waals surface area contributed by atoms with E-state index in [0.717, 1.165) is 6.42 Å². The summed E-state index contributed by atoms with van der Waals surface area (Å²) in [5.74, 6) is 1.14. The Kier molecular flexibility index (Phi) is 5.34. The fourth-order valence-electron chi connectivity index (χ4n) is 7.36. The van der Waals surface area contributed by atoms with Crippen molar-refractivity contribution in [3.63, 3.8) is 0 Å². The fourth-order valence-corrected chi connectivity index (χ4v) is 7.36. The lowest BCUT2D eigenvalue weighted by molar-refractivity contribution is -0.140. The van der Waals surface area contributed by atoms with Crippen molar-refractivity contribution in [2.75, 3.05) is 13.9 Å². The number of allylic oxidation sites excluding steroid dienone is 1. The summed E-state index contributed by atoms with van der Waals surface area (Å²) < 4.78 is 11.5. The summed E-state index contributed by atoms with van der Waals surface area (Å²) in [4.78, 5) is 13.1. The van der Waals surface area contributed by atoms with Crippen LogP contribution in [0, 0.1) is 64.1 Å². The van der Waals surface area contributed by atoms with Gasteiger partial charge in [-0.25, -0.2) is 0 Å². The molecule has 4 nitrogen and oxygen atoms in total. The lowest BCUT2D eigenvalue weighted by atomic mass is 9.53. The van der Waals surface area contributed by atoms with E-state index in [1.807, 2.05) is 0 Å². The third-order valence-corrected chi connectivity index (χ3v) is 7.75. The van der Waals surface area contributed by atoms with Gasteiger partial charge < -0.3 is 9.47 Å². The Bertz CT molecular complexity index is 611. The Labute approximate surface area is 157 Å². The number of nitrogens with zero attached hydrogens (tertiary/aromatic N) is 1. The van der Waals surface area contributed by atoms with Gasteiger partial charge in [0.05, 0.1) is 24.0 Å². The molecular weight excluding hydrogens is 326 g/mol. The molecule has 3 rings (SSSR count). The topological polar surface area (TPSA) is 59.3 Å². The van der Waals surface area contributed by atoms with Gasteiger partial charge in [0.2, 0.25) is 0 Å². The minimum absolute atomic E-state index is 0.0243. The second-order valence-electron chi connectivity index (χ2n) is 9.30. The van der Waals surface area contributed by atoms with Gasteiger partial charge in [0.1, 0.15) is 12.6 Å². The van der Waals surface area contributed by atoms with E-state index in [1.54, 1.807) is 13.2 Å². The molecule has 144 valence electrons. The molecule has 0 saturated heterocycles. The van der Waals surface area contributed by atoms with Gasteiger partial charge in [-0.05, 0) is 41.9 Å². The number of carbonyl (C=O) groups excluding carboxylic acids is 1. The van der Waals surface area contributed by atoms with Gasteiger partial charge >= 0.3 is 0 Å². The van der Waals surface area contributed by atoms with Crippen LogP contribution in [0.5, 0.6) is 0 Å². The summed E-state index contributed by atoms with van der Waals surface area (Å²) in [5.41, 5.74) is 0.0243. The minimum Gasteiger partial charge on any atom is -0.359 e. The summed E-state index contributed by atoms with van der Waals surface area (Å²) in [7, 11) is 1.64. The number of fused-ring (bicyclic) bond motifs is 3. The van der Waals surface area contributed by atoms with E-state index in [0.29, 0.717) is 17.8 Å². The van der Waals surface area contributed by atoms with E-state index in [-0.39, 0.29) is 53.7 Å². The maximum atomic E-state index is 13.1. The van der Waals surface area contributed by atoms with E-state index in [9.17, 15) is 10.1 Å². The number of Topliss-reactive ketones (excluding diaryl/α,β-unsaturated/α-hetero) is 1. The van der Waals surface area contributed by atoms with Crippen molar-refractivity contribution in [3.05, 3.63) is 12.7 Å². The molecule has 3 fully saturated rings. The maximum absolute atomic E-state index is 13.1. The standard InChI is InChI=1S/C22H33NO3/c1-7-15-16(10-23)17-19(14(4)20(15)24)22(5)9-12(2)8-13(3)18(22)21(17)26-11-25-6/h7,12-19,21H,1,8-9,11H2,2-6H3/t12-,13+,14+,15+,16+,17-,18+,19+,21-,22-/m1/s1. The van der Waals surface area contributed by atoms with Gasteiger partial charge in [0, 0.05) is 18.9 Å². The Balaban J connectivity index is 2.12. The quantitative estimate of drug-likeness (QED) is 0.561.